The first-order valence-electron chi connectivity index (χ1n) is 9.90. The van der Waals surface area contributed by atoms with Crippen molar-refractivity contribution in [1.29, 1.82) is 0 Å². The van der Waals surface area contributed by atoms with Crippen molar-refractivity contribution in [1.82, 2.24) is 10.6 Å². The van der Waals surface area contributed by atoms with Crippen LogP contribution in [0, 0.1) is 5.92 Å². The summed E-state index contributed by atoms with van der Waals surface area (Å²) in [5.74, 6) is -0.979. The molecular formula is C23H28N2O5. The number of amides is 2. The lowest BCUT2D eigenvalue weighted by Crippen LogP contribution is -2.46. The zero-order valence-corrected chi connectivity index (χ0v) is 17.3. The van der Waals surface area contributed by atoms with Crippen LogP contribution >= 0.6 is 0 Å². The molecule has 1 atom stereocenters. The van der Waals surface area contributed by atoms with Gasteiger partial charge in [-0.3, -0.25) is 4.79 Å². The Bertz CT molecular complexity index is 809. The Balaban J connectivity index is 1.69. The van der Waals surface area contributed by atoms with E-state index in [2.05, 4.69) is 10.6 Å². The van der Waals surface area contributed by atoms with Crippen LogP contribution in [0.3, 0.4) is 0 Å². The third-order valence-corrected chi connectivity index (χ3v) is 4.30. The van der Waals surface area contributed by atoms with Gasteiger partial charge in [-0.25, -0.2) is 9.59 Å². The molecule has 1 unspecified atom stereocenters. The van der Waals surface area contributed by atoms with Gasteiger partial charge in [-0.15, -0.1) is 0 Å². The molecular weight excluding hydrogens is 384 g/mol. The van der Waals surface area contributed by atoms with E-state index in [9.17, 15) is 14.4 Å². The van der Waals surface area contributed by atoms with Crippen LogP contribution in [0.5, 0.6) is 0 Å². The normalized spacial score (nSPS) is 11.4. The molecule has 2 amide bonds. The van der Waals surface area contributed by atoms with Gasteiger partial charge in [-0.05, 0) is 17.0 Å². The molecule has 0 aliphatic heterocycles. The second-order valence-corrected chi connectivity index (χ2v) is 7.12. The summed E-state index contributed by atoms with van der Waals surface area (Å²) >= 11 is 0. The van der Waals surface area contributed by atoms with Gasteiger partial charge in [0.2, 0.25) is 5.91 Å². The van der Waals surface area contributed by atoms with Gasteiger partial charge < -0.3 is 20.1 Å². The van der Waals surface area contributed by atoms with Gasteiger partial charge in [-0.2, -0.15) is 0 Å². The van der Waals surface area contributed by atoms with Gasteiger partial charge in [0.1, 0.15) is 19.3 Å². The van der Waals surface area contributed by atoms with Gasteiger partial charge in [0, 0.05) is 13.0 Å². The molecule has 0 aromatic heterocycles. The minimum atomic E-state index is -0.758. The Morgan fingerprint density at radius 3 is 1.90 bits per heavy atom. The number of carbonyl (C=O) groups excluding carboxylic acids is 3. The number of hydrogen-bond acceptors (Lipinski definition) is 5. The highest BCUT2D eigenvalue weighted by atomic mass is 16.5. The first kappa shape index (κ1) is 22.9. The molecule has 30 heavy (non-hydrogen) atoms. The third-order valence-electron chi connectivity index (χ3n) is 4.30. The van der Waals surface area contributed by atoms with E-state index >= 15 is 0 Å². The molecule has 2 aromatic rings. The fourth-order valence-electron chi connectivity index (χ4n) is 2.61. The molecule has 0 aliphatic rings. The standard InChI is InChI=1S/C23H28N2O5/c1-17(2)21(22(27)29-15-18-9-5-3-6-10-18)25-20(26)13-14-24-23(28)30-16-19-11-7-4-8-12-19/h3-12,17,21H,13-16H2,1-2H3,(H,24,28)(H,25,26). The summed E-state index contributed by atoms with van der Waals surface area (Å²) < 4.78 is 10.4. The van der Waals surface area contributed by atoms with Crippen molar-refractivity contribution >= 4 is 18.0 Å². The zero-order chi connectivity index (χ0) is 21.8. The summed E-state index contributed by atoms with van der Waals surface area (Å²) in [5, 5.41) is 5.20. The van der Waals surface area contributed by atoms with Crippen molar-refractivity contribution < 1.29 is 23.9 Å². The van der Waals surface area contributed by atoms with Crippen molar-refractivity contribution in [2.24, 2.45) is 5.92 Å². The molecule has 7 heteroatoms. The highest BCUT2D eigenvalue weighted by molar-refractivity contribution is 5.85. The summed E-state index contributed by atoms with van der Waals surface area (Å²) in [6, 6.07) is 17.9. The van der Waals surface area contributed by atoms with E-state index in [1.165, 1.54) is 0 Å². The third kappa shape index (κ3) is 8.34. The fourth-order valence-corrected chi connectivity index (χ4v) is 2.61. The SMILES string of the molecule is CC(C)C(NC(=O)CCNC(=O)OCc1ccccc1)C(=O)OCc1ccccc1. The van der Waals surface area contributed by atoms with Gasteiger partial charge in [0.15, 0.2) is 0 Å². The summed E-state index contributed by atoms with van der Waals surface area (Å²) in [4.78, 5) is 36.3. The summed E-state index contributed by atoms with van der Waals surface area (Å²) in [7, 11) is 0. The van der Waals surface area contributed by atoms with E-state index in [4.69, 9.17) is 9.47 Å². The maximum absolute atomic E-state index is 12.4. The predicted molar refractivity (Wildman–Crippen MR) is 112 cm³/mol. The molecule has 7 nitrogen and oxygen atoms in total. The molecule has 2 N–H and O–H groups in total. The second-order valence-electron chi connectivity index (χ2n) is 7.12. The number of nitrogens with one attached hydrogen (secondary N) is 2. The van der Waals surface area contributed by atoms with E-state index < -0.39 is 18.1 Å². The number of alkyl carbamates (subject to hydrolysis) is 1. The molecule has 2 aromatic carbocycles. The lowest BCUT2D eigenvalue weighted by atomic mass is 10.0. The molecule has 0 radical (unpaired) electrons. The van der Waals surface area contributed by atoms with Crippen LogP contribution in [0.4, 0.5) is 4.79 Å². The lowest BCUT2D eigenvalue weighted by Gasteiger charge is -2.21. The molecule has 0 fully saturated rings. The summed E-state index contributed by atoms with van der Waals surface area (Å²) in [6.45, 7) is 4.06. The van der Waals surface area contributed by atoms with E-state index in [0.717, 1.165) is 11.1 Å². The highest BCUT2D eigenvalue weighted by Crippen LogP contribution is 2.08. The van der Waals surface area contributed by atoms with Crippen LogP contribution in [-0.4, -0.2) is 30.6 Å². The minimum absolute atomic E-state index is 0.0234. The van der Waals surface area contributed by atoms with Gasteiger partial charge >= 0.3 is 12.1 Å². The van der Waals surface area contributed by atoms with Gasteiger partial charge in [0.25, 0.3) is 0 Å². The van der Waals surface area contributed by atoms with Crippen LogP contribution in [0.15, 0.2) is 60.7 Å². The number of ether oxygens (including phenoxy) is 2. The minimum Gasteiger partial charge on any atom is -0.459 e. The molecule has 0 heterocycles. The Hall–Kier alpha value is -3.35. The first-order valence-corrected chi connectivity index (χ1v) is 9.90. The van der Waals surface area contributed by atoms with Crippen LogP contribution in [0.25, 0.3) is 0 Å². The Kier molecular flexibility index (Phi) is 9.37. The topological polar surface area (TPSA) is 93.7 Å². The molecule has 0 spiro atoms. The van der Waals surface area contributed by atoms with E-state index in [1.54, 1.807) is 0 Å². The number of benzene rings is 2. The summed E-state index contributed by atoms with van der Waals surface area (Å²) in [5.41, 5.74) is 1.75. The Morgan fingerprint density at radius 2 is 1.37 bits per heavy atom. The predicted octanol–water partition coefficient (Wildman–Crippen LogP) is 3.19. The molecule has 2 rings (SSSR count). The van der Waals surface area contributed by atoms with Crippen LogP contribution in [0.2, 0.25) is 0 Å². The van der Waals surface area contributed by atoms with Crippen LogP contribution in [-0.2, 0) is 32.3 Å². The van der Waals surface area contributed by atoms with Crippen molar-refractivity contribution in [3.63, 3.8) is 0 Å². The quantitative estimate of drug-likeness (QED) is 0.585. The second kappa shape index (κ2) is 12.3. The zero-order valence-electron chi connectivity index (χ0n) is 17.3. The van der Waals surface area contributed by atoms with Gasteiger partial charge in [0.05, 0.1) is 0 Å². The highest BCUT2D eigenvalue weighted by Gasteiger charge is 2.25. The number of rotatable bonds is 10. The number of carbonyl (C=O) groups is 3. The van der Waals surface area contributed by atoms with Crippen LogP contribution in [0.1, 0.15) is 31.4 Å². The van der Waals surface area contributed by atoms with Crippen LogP contribution < -0.4 is 10.6 Å². The monoisotopic (exact) mass is 412 g/mol. The van der Waals surface area contributed by atoms with Crippen molar-refractivity contribution in [2.75, 3.05) is 6.54 Å². The average molecular weight is 412 g/mol. The van der Waals surface area contributed by atoms with E-state index in [0.29, 0.717) is 0 Å². The summed E-state index contributed by atoms with van der Waals surface area (Å²) in [6.07, 6.45) is -0.579. The molecule has 160 valence electrons. The lowest BCUT2D eigenvalue weighted by molar-refractivity contribution is -0.150. The molecule has 0 saturated carbocycles. The number of esters is 1. The number of hydrogen-bond donors (Lipinski definition) is 2. The molecule has 0 bridgehead atoms. The van der Waals surface area contributed by atoms with Crippen molar-refractivity contribution in [3.05, 3.63) is 71.8 Å². The molecule has 0 aliphatic carbocycles. The van der Waals surface area contributed by atoms with E-state index in [1.807, 2.05) is 74.5 Å². The smallest absolute Gasteiger partial charge is 0.407 e. The van der Waals surface area contributed by atoms with Crippen molar-refractivity contribution in [2.45, 2.75) is 39.5 Å². The average Bonchev–Trinajstić information content (AvgIpc) is 2.75. The Morgan fingerprint density at radius 1 is 0.833 bits per heavy atom. The van der Waals surface area contributed by atoms with Gasteiger partial charge in [-0.1, -0.05) is 74.5 Å². The van der Waals surface area contributed by atoms with E-state index in [-0.39, 0.29) is 38.0 Å². The Labute approximate surface area is 176 Å². The first-order chi connectivity index (χ1) is 14.5. The maximum Gasteiger partial charge on any atom is 0.407 e. The maximum atomic E-state index is 12.4. The molecule has 0 saturated heterocycles. The van der Waals surface area contributed by atoms with Crippen molar-refractivity contribution in [3.8, 4) is 0 Å². The fraction of sp³-hybridized carbons (Fsp3) is 0.348. The largest absolute Gasteiger partial charge is 0.459 e.